The fourth-order valence-corrected chi connectivity index (χ4v) is 4.37. The van der Waals surface area contributed by atoms with Crippen LogP contribution in [0.3, 0.4) is 0 Å². The fraction of sp³-hybridized carbons (Fsp3) is 0.438. The van der Waals surface area contributed by atoms with Crippen LogP contribution in [0.4, 0.5) is 0 Å². The van der Waals surface area contributed by atoms with Gasteiger partial charge >= 0.3 is 0 Å². The van der Waals surface area contributed by atoms with Gasteiger partial charge in [-0.3, -0.25) is 4.79 Å². The van der Waals surface area contributed by atoms with Gasteiger partial charge in [0.25, 0.3) is 0 Å². The molecule has 1 N–H and O–H groups in total. The lowest BCUT2D eigenvalue weighted by molar-refractivity contribution is -0.137. The van der Waals surface area contributed by atoms with Gasteiger partial charge in [0.05, 0.1) is 19.3 Å². The van der Waals surface area contributed by atoms with Crippen LogP contribution in [0.1, 0.15) is 10.4 Å². The van der Waals surface area contributed by atoms with Gasteiger partial charge in [-0.2, -0.15) is 0 Å². The monoisotopic (exact) mass is 302 g/mol. The van der Waals surface area contributed by atoms with E-state index < -0.39 is 0 Å². The summed E-state index contributed by atoms with van der Waals surface area (Å²) in [5.74, 6) is 0.222. The van der Waals surface area contributed by atoms with Crippen molar-refractivity contribution in [3.8, 4) is 0 Å². The summed E-state index contributed by atoms with van der Waals surface area (Å²) in [6, 6.07) is 8.40. The zero-order valence-electron chi connectivity index (χ0n) is 11.8. The van der Waals surface area contributed by atoms with Gasteiger partial charge in [-0.15, -0.1) is 11.3 Å². The molecule has 1 amide bonds. The molecule has 1 fully saturated rings. The number of morpholine rings is 1. The normalized spacial score (nSPS) is 22.3. The number of nitrogens with one attached hydrogen (secondary N) is 1. The smallest absolute Gasteiger partial charge is 0.240 e. The number of benzene rings is 1. The number of hydrogen-bond acceptors (Lipinski definition) is 4. The molecular weight excluding hydrogens is 284 g/mol. The van der Waals surface area contributed by atoms with Gasteiger partial charge in [0, 0.05) is 29.2 Å². The van der Waals surface area contributed by atoms with E-state index >= 15 is 0 Å². The van der Waals surface area contributed by atoms with Crippen molar-refractivity contribution >= 4 is 27.3 Å². The van der Waals surface area contributed by atoms with E-state index in [4.69, 9.17) is 4.74 Å². The summed E-state index contributed by atoms with van der Waals surface area (Å²) in [6.07, 6.45) is 0.801. The van der Waals surface area contributed by atoms with Crippen molar-refractivity contribution in [2.45, 2.75) is 19.0 Å². The van der Waals surface area contributed by atoms with Crippen LogP contribution in [0.25, 0.3) is 10.1 Å². The third-order valence-corrected chi connectivity index (χ3v) is 5.53. The largest absolute Gasteiger partial charge is 0.378 e. The molecule has 1 atom stereocenters. The maximum absolute atomic E-state index is 12.6. The average Bonchev–Trinajstić information content (AvgIpc) is 2.93. The predicted octanol–water partition coefficient (Wildman–Crippen LogP) is 1.77. The van der Waals surface area contributed by atoms with Gasteiger partial charge in [-0.1, -0.05) is 18.2 Å². The first-order chi connectivity index (χ1) is 10.3. The Morgan fingerprint density at radius 1 is 1.29 bits per heavy atom. The molecule has 1 aromatic carbocycles. The lowest BCUT2D eigenvalue weighted by Crippen LogP contribution is -2.52. The average molecular weight is 302 g/mol. The predicted molar refractivity (Wildman–Crippen MR) is 83.6 cm³/mol. The lowest BCUT2D eigenvalue weighted by Gasteiger charge is -2.32. The van der Waals surface area contributed by atoms with Crippen LogP contribution < -0.4 is 5.32 Å². The van der Waals surface area contributed by atoms with Crippen molar-refractivity contribution in [1.82, 2.24) is 10.2 Å². The van der Waals surface area contributed by atoms with E-state index in [0.29, 0.717) is 26.3 Å². The minimum absolute atomic E-state index is 0.0893. The van der Waals surface area contributed by atoms with Crippen LogP contribution in [0.5, 0.6) is 0 Å². The highest BCUT2D eigenvalue weighted by Gasteiger charge is 2.30. The molecule has 0 radical (unpaired) electrons. The standard InChI is InChI=1S/C16H18N2O2S/c19-16(18-5-7-20-8-6-18)13-9-12-11-3-1-2-4-14(11)21-15(12)10-17-13/h1-4,13,17H,5-10H2/t13-/m1/s1. The molecule has 0 bridgehead atoms. The lowest BCUT2D eigenvalue weighted by atomic mass is 9.98. The number of rotatable bonds is 1. The number of hydrogen-bond donors (Lipinski definition) is 1. The molecule has 1 saturated heterocycles. The summed E-state index contributed by atoms with van der Waals surface area (Å²) in [5, 5.41) is 4.73. The summed E-state index contributed by atoms with van der Waals surface area (Å²) in [5.41, 5.74) is 1.36. The molecule has 21 heavy (non-hydrogen) atoms. The molecule has 3 heterocycles. The van der Waals surface area contributed by atoms with Crippen LogP contribution in [-0.2, 0) is 22.5 Å². The van der Waals surface area contributed by atoms with Crippen molar-refractivity contribution in [3.05, 3.63) is 34.7 Å². The maximum atomic E-state index is 12.6. The molecule has 4 rings (SSSR count). The van der Waals surface area contributed by atoms with Crippen molar-refractivity contribution < 1.29 is 9.53 Å². The molecule has 0 spiro atoms. The Labute approximate surface area is 127 Å². The molecule has 0 saturated carbocycles. The second-order valence-electron chi connectivity index (χ2n) is 5.58. The Morgan fingerprint density at radius 3 is 2.95 bits per heavy atom. The summed E-state index contributed by atoms with van der Waals surface area (Å²) in [7, 11) is 0. The summed E-state index contributed by atoms with van der Waals surface area (Å²) in [6.45, 7) is 3.55. The van der Waals surface area contributed by atoms with Crippen molar-refractivity contribution in [1.29, 1.82) is 0 Å². The zero-order chi connectivity index (χ0) is 14.2. The molecular formula is C16H18N2O2S. The highest BCUT2D eigenvalue weighted by atomic mass is 32.1. The van der Waals surface area contributed by atoms with Gasteiger partial charge < -0.3 is 15.0 Å². The second-order valence-corrected chi connectivity index (χ2v) is 6.71. The number of fused-ring (bicyclic) bond motifs is 3. The van der Waals surface area contributed by atoms with Gasteiger partial charge in [-0.05, 0) is 23.4 Å². The van der Waals surface area contributed by atoms with E-state index in [9.17, 15) is 4.79 Å². The Kier molecular flexibility index (Phi) is 3.41. The Morgan fingerprint density at radius 2 is 2.10 bits per heavy atom. The maximum Gasteiger partial charge on any atom is 0.240 e. The Balaban J connectivity index is 1.59. The fourth-order valence-electron chi connectivity index (χ4n) is 3.19. The molecule has 2 aromatic rings. The molecule has 1 aromatic heterocycles. The van der Waals surface area contributed by atoms with Crippen molar-refractivity contribution in [2.24, 2.45) is 0 Å². The topological polar surface area (TPSA) is 41.6 Å². The highest BCUT2D eigenvalue weighted by Crippen LogP contribution is 2.34. The Bertz CT molecular complexity index is 676. The van der Waals surface area contributed by atoms with Gasteiger partial charge in [-0.25, -0.2) is 0 Å². The zero-order valence-corrected chi connectivity index (χ0v) is 12.6. The van der Waals surface area contributed by atoms with Crippen LogP contribution in [0.15, 0.2) is 24.3 Å². The van der Waals surface area contributed by atoms with Crippen molar-refractivity contribution in [2.75, 3.05) is 26.3 Å². The minimum atomic E-state index is -0.0893. The molecule has 4 nitrogen and oxygen atoms in total. The summed E-state index contributed by atoms with van der Waals surface area (Å²) < 4.78 is 6.65. The minimum Gasteiger partial charge on any atom is -0.378 e. The van der Waals surface area contributed by atoms with Crippen molar-refractivity contribution in [3.63, 3.8) is 0 Å². The molecule has 5 heteroatoms. The summed E-state index contributed by atoms with van der Waals surface area (Å²) in [4.78, 5) is 15.9. The number of ether oxygens (including phenoxy) is 1. The second kappa shape index (κ2) is 5.40. The summed E-state index contributed by atoms with van der Waals surface area (Å²) >= 11 is 1.84. The van der Waals surface area contributed by atoms with Crippen LogP contribution in [0, 0.1) is 0 Å². The first-order valence-electron chi connectivity index (χ1n) is 7.42. The van der Waals surface area contributed by atoms with E-state index in [-0.39, 0.29) is 11.9 Å². The number of thiophene rings is 1. The molecule has 110 valence electrons. The number of nitrogens with zero attached hydrogens (tertiary/aromatic N) is 1. The van der Waals surface area contributed by atoms with E-state index in [1.54, 1.807) is 0 Å². The Hall–Kier alpha value is -1.43. The first-order valence-corrected chi connectivity index (χ1v) is 8.24. The third-order valence-electron chi connectivity index (χ3n) is 4.32. The molecule has 2 aliphatic rings. The number of carbonyl (C=O) groups is 1. The van der Waals surface area contributed by atoms with Gasteiger partial charge in [0.15, 0.2) is 0 Å². The van der Waals surface area contributed by atoms with E-state index in [1.165, 1.54) is 20.5 Å². The van der Waals surface area contributed by atoms with Crippen LogP contribution in [-0.4, -0.2) is 43.2 Å². The molecule has 2 aliphatic heterocycles. The molecule has 0 unspecified atom stereocenters. The quantitative estimate of drug-likeness (QED) is 0.873. The number of carbonyl (C=O) groups excluding carboxylic acids is 1. The van der Waals surface area contributed by atoms with Gasteiger partial charge in [0.2, 0.25) is 5.91 Å². The first kappa shape index (κ1) is 13.2. The molecule has 0 aliphatic carbocycles. The van der Waals surface area contributed by atoms with E-state index in [1.807, 2.05) is 16.2 Å². The highest BCUT2D eigenvalue weighted by molar-refractivity contribution is 7.19. The van der Waals surface area contributed by atoms with Crippen LogP contribution >= 0.6 is 11.3 Å². The third kappa shape index (κ3) is 2.35. The SMILES string of the molecule is O=C([C@H]1Cc2c(sc3ccccc23)CN1)N1CCOCC1. The van der Waals surface area contributed by atoms with Gasteiger partial charge in [0.1, 0.15) is 0 Å². The van der Waals surface area contributed by atoms with E-state index in [0.717, 1.165) is 13.0 Å². The van der Waals surface area contributed by atoms with E-state index in [2.05, 4.69) is 29.6 Å². The van der Waals surface area contributed by atoms with Crippen LogP contribution in [0.2, 0.25) is 0 Å². The number of amides is 1.